The third-order valence-corrected chi connectivity index (χ3v) is 3.33. The summed E-state index contributed by atoms with van der Waals surface area (Å²) in [5.74, 6) is 1.50. The molecule has 0 radical (unpaired) electrons. The zero-order valence-corrected chi connectivity index (χ0v) is 17.6. The molecule has 0 aliphatic carbocycles. The Hall–Kier alpha value is -2.48. The summed E-state index contributed by atoms with van der Waals surface area (Å²) >= 11 is 0. The molecule has 0 bridgehead atoms. The van der Waals surface area contributed by atoms with Crippen molar-refractivity contribution >= 4 is 12.1 Å². The molecule has 1 aromatic rings. The number of ether oxygens (including phenoxy) is 3. The van der Waals surface area contributed by atoms with E-state index in [1.165, 1.54) is 0 Å². The summed E-state index contributed by atoms with van der Waals surface area (Å²) in [6.07, 6.45) is -0.427. The molecule has 8 heteroatoms. The van der Waals surface area contributed by atoms with Gasteiger partial charge in [0.2, 0.25) is 0 Å². The molecule has 0 saturated heterocycles. The lowest BCUT2D eigenvalue weighted by Gasteiger charge is -2.19. The number of guanidine groups is 1. The average molecular weight is 395 g/mol. The highest BCUT2D eigenvalue weighted by Gasteiger charge is 2.15. The molecule has 0 saturated carbocycles. The predicted octanol–water partition coefficient (Wildman–Crippen LogP) is 2.29. The highest BCUT2D eigenvalue weighted by Crippen LogP contribution is 2.12. The molecular weight excluding hydrogens is 360 g/mol. The molecule has 0 fully saturated rings. The van der Waals surface area contributed by atoms with Crippen LogP contribution in [0, 0.1) is 0 Å². The van der Waals surface area contributed by atoms with E-state index in [1.807, 2.05) is 52.0 Å². The van der Waals surface area contributed by atoms with E-state index < -0.39 is 11.7 Å². The Balaban J connectivity index is 2.41. The van der Waals surface area contributed by atoms with Gasteiger partial charge in [-0.3, -0.25) is 0 Å². The summed E-state index contributed by atoms with van der Waals surface area (Å²) in [7, 11) is 1.65. The van der Waals surface area contributed by atoms with Crippen LogP contribution < -0.4 is 20.7 Å². The van der Waals surface area contributed by atoms with Gasteiger partial charge < -0.3 is 30.2 Å². The number of methoxy groups -OCH3 is 1. The second kappa shape index (κ2) is 12.8. The van der Waals surface area contributed by atoms with Gasteiger partial charge >= 0.3 is 6.09 Å². The molecular formula is C20H34N4O4. The monoisotopic (exact) mass is 394 g/mol. The van der Waals surface area contributed by atoms with Crippen LogP contribution in [0.1, 0.15) is 33.3 Å². The standard InChI is InChI=1S/C20H34N4O4/c1-6-21-18(22-11-12-23-19(25)28-20(2,3)4)24-15-16-7-9-17(10-8-16)27-14-13-26-5/h7-10H,6,11-15H2,1-5H3,(H,23,25)(H2,21,22,24). The number of hydrogen-bond donors (Lipinski definition) is 3. The van der Waals surface area contributed by atoms with Gasteiger partial charge in [-0.25, -0.2) is 9.79 Å². The molecule has 0 aliphatic rings. The lowest BCUT2D eigenvalue weighted by atomic mass is 10.2. The van der Waals surface area contributed by atoms with Gasteiger partial charge in [0.25, 0.3) is 0 Å². The van der Waals surface area contributed by atoms with Crippen LogP contribution in [0.3, 0.4) is 0 Å². The first-order chi connectivity index (χ1) is 13.3. The Labute approximate surface area is 168 Å². The first kappa shape index (κ1) is 23.6. The Bertz CT molecular complexity index is 597. The van der Waals surface area contributed by atoms with Crippen LogP contribution in [0.15, 0.2) is 29.3 Å². The minimum absolute atomic E-state index is 0.427. The van der Waals surface area contributed by atoms with E-state index >= 15 is 0 Å². The molecule has 1 amide bonds. The third-order valence-electron chi connectivity index (χ3n) is 3.33. The molecule has 0 aromatic heterocycles. The molecule has 8 nitrogen and oxygen atoms in total. The fraction of sp³-hybridized carbons (Fsp3) is 0.600. The van der Waals surface area contributed by atoms with Gasteiger partial charge in [-0.2, -0.15) is 0 Å². The third kappa shape index (κ3) is 11.3. The fourth-order valence-corrected chi connectivity index (χ4v) is 2.11. The highest BCUT2D eigenvalue weighted by molar-refractivity contribution is 5.79. The van der Waals surface area contributed by atoms with Gasteiger partial charge in [0.15, 0.2) is 5.96 Å². The SMILES string of the molecule is CCNC(=NCc1ccc(OCCOC)cc1)NCCNC(=O)OC(C)(C)C. The molecule has 0 aliphatic heterocycles. The van der Waals surface area contributed by atoms with Gasteiger partial charge in [-0.05, 0) is 45.4 Å². The lowest BCUT2D eigenvalue weighted by Crippen LogP contribution is -2.42. The van der Waals surface area contributed by atoms with E-state index in [9.17, 15) is 4.79 Å². The minimum Gasteiger partial charge on any atom is -0.491 e. The van der Waals surface area contributed by atoms with Crippen molar-refractivity contribution in [2.75, 3.05) is 40.0 Å². The largest absolute Gasteiger partial charge is 0.491 e. The molecule has 1 rings (SSSR count). The zero-order valence-electron chi connectivity index (χ0n) is 17.6. The molecule has 0 spiro atoms. The number of rotatable bonds is 10. The Morgan fingerprint density at radius 2 is 1.71 bits per heavy atom. The summed E-state index contributed by atoms with van der Waals surface area (Å²) in [5.41, 5.74) is 0.571. The van der Waals surface area contributed by atoms with Crippen LogP contribution in [0.25, 0.3) is 0 Å². The molecule has 1 aromatic carbocycles. The number of aliphatic imine (C=N–C) groups is 1. The van der Waals surface area contributed by atoms with Crippen molar-refractivity contribution in [1.29, 1.82) is 0 Å². The number of nitrogens with one attached hydrogen (secondary N) is 3. The molecule has 0 unspecified atom stereocenters. The predicted molar refractivity (Wildman–Crippen MR) is 111 cm³/mol. The maximum atomic E-state index is 11.6. The lowest BCUT2D eigenvalue weighted by molar-refractivity contribution is 0.0529. The number of nitrogens with zero attached hydrogens (tertiary/aromatic N) is 1. The normalized spacial score (nSPS) is 11.7. The second-order valence-electron chi connectivity index (χ2n) is 7.04. The van der Waals surface area contributed by atoms with Crippen molar-refractivity contribution < 1.29 is 19.0 Å². The fourth-order valence-electron chi connectivity index (χ4n) is 2.11. The summed E-state index contributed by atoms with van der Waals surface area (Å²) in [5, 5.41) is 9.07. The summed E-state index contributed by atoms with van der Waals surface area (Å²) in [6, 6.07) is 7.82. The van der Waals surface area contributed by atoms with E-state index in [-0.39, 0.29) is 0 Å². The zero-order chi connectivity index (χ0) is 20.8. The van der Waals surface area contributed by atoms with Crippen molar-refractivity contribution in [2.24, 2.45) is 4.99 Å². The van der Waals surface area contributed by atoms with Crippen LogP contribution in [-0.4, -0.2) is 57.6 Å². The highest BCUT2D eigenvalue weighted by atomic mass is 16.6. The van der Waals surface area contributed by atoms with E-state index in [2.05, 4.69) is 20.9 Å². The van der Waals surface area contributed by atoms with Gasteiger partial charge in [0, 0.05) is 26.7 Å². The molecule has 0 heterocycles. The van der Waals surface area contributed by atoms with Crippen molar-refractivity contribution in [3.8, 4) is 5.75 Å². The van der Waals surface area contributed by atoms with Crippen molar-refractivity contribution in [3.63, 3.8) is 0 Å². The average Bonchev–Trinajstić information content (AvgIpc) is 2.63. The van der Waals surface area contributed by atoms with Gasteiger partial charge in [0.1, 0.15) is 18.0 Å². The number of alkyl carbamates (subject to hydrolysis) is 1. The van der Waals surface area contributed by atoms with Crippen LogP contribution in [0.5, 0.6) is 5.75 Å². The van der Waals surface area contributed by atoms with Gasteiger partial charge in [-0.1, -0.05) is 12.1 Å². The molecule has 28 heavy (non-hydrogen) atoms. The summed E-state index contributed by atoms with van der Waals surface area (Å²) < 4.78 is 15.7. The summed E-state index contributed by atoms with van der Waals surface area (Å²) in [4.78, 5) is 16.2. The summed E-state index contributed by atoms with van der Waals surface area (Å²) in [6.45, 7) is 10.8. The number of carbonyl (C=O) groups excluding carboxylic acids is 1. The minimum atomic E-state index is -0.502. The van der Waals surface area contributed by atoms with E-state index in [0.717, 1.165) is 17.9 Å². The first-order valence-corrected chi connectivity index (χ1v) is 9.53. The topological polar surface area (TPSA) is 93.2 Å². The first-order valence-electron chi connectivity index (χ1n) is 9.53. The van der Waals surface area contributed by atoms with E-state index in [0.29, 0.717) is 38.8 Å². The van der Waals surface area contributed by atoms with Crippen LogP contribution in [-0.2, 0) is 16.0 Å². The van der Waals surface area contributed by atoms with E-state index in [1.54, 1.807) is 7.11 Å². The van der Waals surface area contributed by atoms with Crippen LogP contribution >= 0.6 is 0 Å². The molecule has 158 valence electrons. The van der Waals surface area contributed by atoms with Crippen molar-refractivity contribution in [1.82, 2.24) is 16.0 Å². The maximum Gasteiger partial charge on any atom is 0.407 e. The number of benzene rings is 1. The second-order valence-corrected chi connectivity index (χ2v) is 7.04. The molecule has 3 N–H and O–H groups in total. The Morgan fingerprint density at radius 3 is 2.32 bits per heavy atom. The van der Waals surface area contributed by atoms with Crippen molar-refractivity contribution in [2.45, 2.75) is 39.8 Å². The van der Waals surface area contributed by atoms with Crippen LogP contribution in [0.4, 0.5) is 4.79 Å². The van der Waals surface area contributed by atoms with Crippen LogP contribution in [0.2, 0.25) is 0 Å². The van der Waals surface area contributed by atoms with Gasteiger partial charge in [0.05, 0.1) is 13.2 Å². The van der Waals surface area contributed by atoms with E-state index in [4.69, 9.17) is 14.2 Å². The Kier molecular flexibility index (Phi) is 10.8. The maximum absolute atomic E-state index is 11.6. The number of amides is 1. The number of carbonyl (C=O) groups is 1. The quantitative estimate of drug-likeness (QED) is 0.320. The number of hydrogen-bond acceptors (Lipinski definition) is 5. The Morgan fingerprint density at radius 1 is 1.04 bits per heavy atom. The van der Waals surface area contributed by atoms with Crippen molar-refractivity contribution in [3.05, 3.63) is 29.8 Å². The van der Waals surface area contributed by atoms with Gasteiger partial charge in [-0.15, -0.1) is 0 Å². The molecule has 0 atom stereocenters. The smallest absolute Gasteiger partial charge is 0.407 e.